The van der Waals surface area contributed by atoms with Crippen LogP contribution in [0.1, 0.15) is 6.42 Å². The molecule has 0 fully saturated rings. The summed E-state index contributed by atoms with van der Waals surface area (Å²) < 4.78 is 5.32. The summed E-state index contributed by atoms with van der Waals surface area (Å²) in [4.78, 5) is 59.8. The van der Waals surface area contributed by atoms with Crippen LogP contribution < -0.4 is 46.1 Å². The number of ether oxygens (including phenoxy) is 1. The summed E-state index contributed by atoms with van der Waals surface area (Å²) in [5.74, 6) is -6.30. The minimum Gasteiger partial charge on any atom is -0.549 e. The van der Waals surface area contributed by atoms with Crippen LogP contribution in [0.5, 0.6) is 0 Å². The monoisotopic (exact) mass is 501 g/mol. The molecule has 0 saturated carbocycles. The van der Waals surface area contributed by atoms with Crippen molar-refractivity contribution >= 4 is 29.8 Å². The largest absolute Gasteiger partial charge is 1.00 e. The van der Waals surface area contributed by atoms with Gasteiger partial charge in [0, 0.05) is 45.8 Å². The number of nitrogens with zero attached hydrogens (tertiary/aromatic N) is 3. The van der Waals surface area contributed by atoms with Gasteiger partial charge >= 0.3 is 47.5 Å². The Hall–Kier alpha value is -1.85. The van der Waals surface area contributed by atoms with Crippen molar-refractivity contribution in [3.05, 3.63) is 0 Å². The van der Waals surface area contributed by atoms with Crippen molar-refractivity contribution in [3.8, 4) is 0 Å². The number of amides is 1. The van der Waals surface area contributed by atoms with E-state index < -0.39 is 61.9 Å². The van der Waals surface area contributed by atoms with Crippen LogP contribution in [-0.2, 0) is 28.7 Å². The molecule has 0 aromatic rings. The van der Waals surface area contributed by atoms with Crippen LogP contribution in [0.4, 0.5) is 0 Å². The smallest absolute Gasteiger partial charge is 0.549 e. The Morgan fingerprint density at radius 3 is 1.79 bits per heavy atom. The number of carboxylic acid groups (broad SMARTS) is 4. The quantitative estimate of drug-likeness (QED) is 0.0725. The Bertz CT molecular complexity index is 653. The van der Waals surface area contributed by atoms with Crippen LogP contribution in [0.15, 0.2) is 0 Å². The third-order valence-electron chi connectivity index (χ3n) is 4.42. The van der Waals surface area contributed by atoms with Gasteiger partial charge in [-0.2, -0.15) is 0 Å². The van der Waals surface area contributed by atoms with Gasteiger partial charge in [0.25, 0.3) is 0 Å². The first-order valence-electron chi connectivity index (χ1n) is 10.1. The predicted molar refractivity (Wildman–Crippen MR) is 110 cm³/mol. The summed E-state index contributed by atoms with van der Waals surface area (Å²) in [6.45, 7) is -0.430. The van der Waals surface area contributed by atoms with Crippen molar-refractivity contribution < 1.29 is 78.7 Å². The molecule has 0 heterocycles. The summed E-state index contributed by atoms with van der Waals surface area (Å²) in [5, 5.41) is 38.4. The van der Waals surface area contributed by atoms with Gasteiger partial charge in [-0.25, -0.2) is 0 Å². The number of nitrogens with two attached hydrogens (primary N) is 2. The first kappa shape index (κ1) is 34.3. The van der Waals surface area contributed by atoms with Crippen molar-refractivity contribution in [1.82, 2.24) is 14.7 Å². The molecule has 0 rings (SSSR count). The second kappa shape index (κ2) is 19.5. The van der Waals surface area contributed by atoms with E-state index in [2.05, 4.69) is 0 Å². The average Bonchev–Trinajstić information content (AvgIpc) is 2.68. The molecule has 0 bridgehead atoms. The summed E-state index contributed by atoms with van der Waals surface area (Å²) in [6, 6.07) is -1.48. The second-order valence-electron chi connectivity index (χ2n) is 7.11. The van der Waals surface area contributed by atoms with E-state index in [1.165, 1.54) is 4.90 Å². The molecule has 0 aliphatic carbocycles. The molecular weight excluding hydrogens is 469 g/mol. The number of hydrogen-bond donors (Lipinski definition) is 5. The Kier molecular flexibility index (Phi) is 19.6. The number of carboxylic acids is 4. The fraction of sp³-hybridized carbons (Fsp3) is 0.722. The average molecular weight is 501 g/mol. The summed E-state index contributed by atoms with van der Waals surface area (Å²) in [7, 11) is 0. The molecule has 1 amide bonds. The minimum atomic E-state index is -1.54. The van der Waals surface area contributed by atoms with Crippen molar-refractivity contribution in [3.63, 3.8) is 0 Å². The fourth-order valence-electron chi connectivity index (χ4n) is 2.94. The first-order valence-corrected chi connectivity index (χ1v) is 10.1. The molecule has 15 nitrogen and oxygen atoms in total. The summed E-state index contributed by atoms with van der Waals surface area (Å²) in [5.41, 5.74) is 10.4. The van der Waals surface area contributed by atoms with Gasteiger partial charge in [-0.1, -0.05) is 0 Å². The molecule has 190 valence electrons. The molecule has 7 N–H and O–H groups in total. The van der Waals surface area contributed by atoms with Crippen molar-refractivity contribution in [1.29, 1.82) is 0 Å². The van der Waals surface area contributed by atoms with Gasteiger partial charge in [-0.05, 0) is 0 Å². The van der Waals surface area contributed by atoms with E-state index in [9.17, 15) is 34.2 Å². The van der Waals surface area contributed by atoms with Gasteiger partial charge in [-0.3, -0.25) is 33.9 Å². The number of primary amides is 1. The number of carbonyl (C=O) groups is 5. The molecule has 0 aromatic heterocycles. The van der Waals surface area contributed by atoms with E-state index >= 15 is 0 Å². The SMILES string of the molecule is NCCOCCN(CCN(CC(=O)O)CC(=O)O)CCN(CC(=O)[O-])C(CC(N)=O)C(=O)O.[Na+]. The topological polar surface area (TPSA) is 240 Å². The number of aliphatic carboxylic acids is 4. The summed E-state index contributed by atoms with van der Waals surface area (Å²) >= 11 is 0. The van der Waals surface area contributed by atoms with Gasteiger partial charge in [0.15, 0.2) is 0 Å². The third-order valence-corrected chi connectivity index (χ3v) is 4.42. The van der Waals surface area contributed by atoms with E-state index in [0.29, 0.717) is 6.54 Å². The van der Waals surface area contributed by atoms with Crippen LogP contribution in [0, 0.1) is 0 Å². The predicted octanol–water partition coefficient (Wildman–Crippen LogP) is -7.88. The van der Waals surface area contributed by atoms with Crippen LogP contribution in [-0.4, -0.2) is 138 Å². The number of carbonyl (C=O) groups excluding carboxylic acids is 2. The maximum atomic E-state index is 11.5. The van der Waals surface area contributed by atoms with Gasteiger partial charge in [0.2, 0.25) is 5.91 Å². The van der Waals surface area contributed by atoms with Crippen molar-refractivity contribution in [2.75, 3.05) is 72.1 Å². The molecule has 0 aromatic carbocycles. The summed E-state index contributed by atoms with van der Waals surface area (Å²) in [6.07, 6.45) is -0.604. The second-order valence-corrected chi connectivity index (χ2v) is 7.11. The zero-order chi connectivity index (χ0) is 25.4. The number of rotatable bonds is 21. The van der Waals surface area contributed by atoms with Gasteiger partial charge in [0.05, 0.1) is 38.7 Å². The van der Waals surface area contributed by atoms with Crippen molar-refractivity contribution in [2.24, 2.45) is 11.5 Å². The molecule has 0 spiro atoms. The zero-order valence-electron chi connectivity index (χ0n) is 19.3. The molecule has 1 atom stereocenters. The molecule has 0 aliphatic rings. The molecule has 16 heteroatoms. The van der Waals surface area contributed by atoms with E-state index in [4.69, 9.17) is 26.4 Å². The van der Waals surface area contributed by atoms with Gasteiger partial charge in [0.1, 0.15) is 6.04 Å². The van der Waals surface area contributed by atoms with Crippen LogP contribution in [0.25, 0.3) is 0 Å². The molecule has 0 radical (unpaired) electrons. The van der Waals surface area contributed by atoms with Crippen LogP contribution in [0.2, 0.25) is 0 Å². The van der Waals surface area contributed by atoms with Gasteiger partial charge < -0.3 is 41.4 Å². The molecule has 0 aliphatic heterocycles. The fourth-order valence-corrected chi connectivity index (χ4v) is 2.94. The molecule has 34 heavy (non-hydrogen) atoms. The van der Waals surface area contributed by atoms with E-state index in [1.807, 2.05) is 0 Å². The van der Waals surface area contributed by atoms with E-state index in [1.54, 1.807) is 4.90 Å². The molecular formula is C18H32N5NaO10. The van der Waals surface area contributed by atoms with Crippen LogP contribution in [0.3, 0.4) is 0 Å². The molecule has 0 saturated heterocycles. The van der Waals surface area contributed by atoms with E-state index in [-0.39, 0.29) is 75.5 Å². The Balaban J connectivity index is 0. The maximum absolute atomic E-state index is 11.5. The van der Waals surface area contributed by atoms with Crippen molar-refractivity contribution in [2.45, 2.75) is 12.5 Å². The van der Waals surface area contributed by atoms with Gasteiger partial charge in [-0.15, -0.1) is 0 Å². The Morgan fingerprint density at radius 1 is 0.824 bits per heavy atom. The molecule has 1 unspecified atom stereocenters. The minimum absolute atomic E-state index is 0. The van der Waals surface area contributed by atoms with Crippen LogP contribution >= 0.6 is 0 Å². The Morgan fingerprint density at radius 2 is 1.35 bits per heavy atom. The third kappa shape index (κ3) is 17.6. The maximum Gasteiger partial charge on any atom is 1.00 e. The Labute approximate surface area is 218 Å². The standard InChI is InChI=1S/C18H33N5O10.Na/c19-1-7-33-8-6-21(2-3-22(10-15(25)26)11-16(27)28)4-5-23(12-17(29)30)13(18(31)32)9-14(20)24;/h13H,1-12,19H2,(H2,20,24)(H,25,26)(H,27,28)(H,29,30)(H,31,32);/q;+1/p-1. The number of hydrogen-bond acceptors (Lipinski definition) is 11. The zero-order valence-corrected chi connectivity index (χ0v) is 21.3. The first-order chi connectivity index (χ1) is 15.5. The van der Waals surface area contributed by atoms with E-state index in [0.717, 1.165) is 4.90 Å². The normalized spacial score (nSPS) is 11.9.